The first kappa shape index (κ1) is 13.9. The van der Waals surface area contributed by atoms with Gasteiger partial charge in [0.05, 0.1) is 5.75 Å². The van der Waals surface area contributed by atoms with Gasteiger partial charge in [-0.1, -0.05) is 0 Å². The van der Waals surface area contributed by atoms with Crippen LogP contribution in [0.15, 0.2) is 29.2 Å². The zero-order chi connectivity index (χ0) is 12.9. The minimum Gasteiger partial charge on any atom is -0.508 e. The van der Waals surface area contributed by atoms with E-state index in [4.69, 9.17) is 10.8 Å². The topological polar surface area (TPSA) is 75.3 Å². The van der Waals surface area contributed by atoms with E-state index in [0.29, 0.717) is 12.3 Å². The molecule has 1 aromatic carbocycles. The third-order valence-electron chi connectivity index (χ3n) is 2.19. The molecule has 0 unspecified atom stereocenters. The molecule has 1 rings (SSSR count). The van der Waals surface area contributed by atoms with Crippen LogP contribution in [0.2, 0.25) is 0 Å². The summed E-state index contributed by atoms with van der Waals surface area (Å²) in [5.41, 5.74) is 5.16. The van der Waals surface area contributed by atoms with Crippen molar-refractivity contribution in [1.29, 1.82) is 0 Å². The molecule has 17 heavy (non-hydrogen) atoms. The van der Waals surface area contributed by atoms with Crippen LogP contribution in [0.5, 0.6) is 5.75 Å². The molecule has 0 aliphatic carbocycles. The van der Waals surface area contributed by atoms with Crippen LogP contribution in [0.3, 0.4) is 0 Å². The van der Waals surface area contributed by atoms with Crippen molar-refractivity contribution in [3.63, 3.8) is 0 Å². The molecule has 4 nitrogen and oxygen atoms in total. The Morgan fingerprint density at radius 3 is 2.53 bits per heavy atom. The van der Waals surface area contributed by atoms with E-state index in [1.807, 2.05) is 13.8 Å². The molecular formula is C12H18N2O2S. The Bertz CT molecular complexity index is 377. The van der Waals surface area contributed by atoms with Gasteiger partial charge in [-0.15, -0.1) is 11.8 Å². The van der Waals surface area contributed by atoms with Gasteiger partial charge in [-0.3, -0.25) is 4.79 Å². The fourth-order valence-corrected chi connectivity index (χ4v) is 1.85. The number of aromatic hydroxyl groups is 1. The lowest BCUT2D eigenvalue weighted by Crippen LogP contribution is -2.49. The highest BCUT2D eigenvalue weighted by atomic mass is 32.2. The summed E-state index contributed by atoms with van der Waals surface area (Å²) < 4.78 is 0. The molecule has 94 valence electrons. The van der Waals surface area contributed by atoms with Crippen molar-refractivity contribution in [3.05, 3.63) is 24.3 Å². The minimum absolute atomic E-state index is 0.0430. The maximum absolute atomic E-state index is 11.6. The van der Waals surface area contributed by atoms with Gasteiger partial charge in [0.2, 0.25) is 5.91 Å². The van der Waals surface area contributed by atoms with Gasteiger partial charge in [0.15, 0.2) is 0 Å². The zero-order valence-electron chi connectivity index (χ0n) is 10.1. The maximum Gasteiger partial charge on any atom is 0.230 e. The zero-order valence-corrected chi connectivity index (χ0v) is 10.9. The molecule has 0 radical (unpaired) electrons. The Morgan fingerprint density at radius 2 is 2.00 bits per heavy atom. The summed E-state index contributed by atoms with van der Waals surface area (Å²) in [5, 5.41) is 12.0. The number of carbonyl (C=O) groups excluding carboxylic acids is 1. The van der Waals surface area contributed by atoms with E-state index < -0.39 is 0 Å². The van der Waals surface area contributed by atoms with Gasteiger partial charge in [-0.25, -0.2) is 0 Å². The van der Waals surface area contributed by atoms with Gasteiger partial charge in [0, 0.05) is 17.0 Å². The summed E-state index contributed by atoms with van der Waals surface area (Å²) in [7, 11) is 0. The van der Waals surface area contributed by atoms with Crippen molar-refractivity contribution in [1.82, 2.24) is 5.32 Å². The maximum atomic E-state index is 11.6. The second-order valence-electron chi connectivity index (χ2n) is 4.42. The summed E-state index contributed by atoms with van der Waals surface area (Å²) >= 11 is 1.42. The van der Waals surface area contributed by atoms with E-state index >= 15 is 0 Å². The highest BCUT2D eigenvalue weighted by Gasteiger charge is 2.17. The number of rotatable bonds is 5. The van der Waals surface area contributed by atoms with Crippen molar-refractivity contribution >= 4 is 17.7 Å². The molecule has 0 fully saturated rings. The SMILES string of the molecule is CC(C)(CN)NC(=O)CSc1ccc(O)cc1. The van der Waals surface area contributed by atoms with Gasteiger partial charge in [-0.2, -0.15) is 0 Å². The molecule has 0 spiro atoms. The number of hydrogen-bond acceptors (Lipinski definition) is 4. The molecule has 5 heteroatoms. The third-order valence-corrected chi connectivity index (χ3v) is 3.21. The van der Waals surface area contributed by atoms with Crippen molar-refractivity contribution in [2.75, 3.05) is 12.3 Å². The molecule has 1 amide bonds. The highest BCUT2D eigenvalue weighted by molar-refractivity contribution is 8.00. The van der Waals surface area contributed by atoms with E-state index in [2.05, 4.69) is 5.32 Å². The number of phenolic OH excluding ortho intramolecular Hbond substituents is 1. The Balaban J connectivity index is 2.41. The average molecular weight is 254 g/mol. The second-order valence-corrected chi connectivity index (χ2v) is 5.47. The lowest BCUT2D eigenvalue weighted by Gasteiger charge is -2.24. The van der Waals surface area contributed by atoms with E-state index in [0.717, 1.165) is 4.90 Å². The number of phenols is 1. The summed E-state index contributed by atoms with van der Waals surface area (Å²) in [6.45, 7) is 4.18. The van der Waals surface area contributed by atoms with Crippen LogP contribution in [0.4, 0.5) is 0 Å². The molecule has 0 bridgehead atoms. The first-order chi connectivity index (χ1) is 7.93. The van der Waals surface area contributed by atoms with Crippen LogP contribution in [0.1, 0.15) is 13.8 Å². The third kappa shape index (κ3) is 5.10. The molecule has 0 aliphatic rings. The Kier molecular flexibility index (Phi) is 4.84. The van der Waals surface area contributed by atoms with E-state index in [9.17, 15) is 4.79 Å². The fourth-order valence-electron chi connectivity index (χ4n) is 1.16. The molecular weight excluding hydrogens is 236 g/mol. The summed E-state index contributed by atoms with van der Waals surface area (Å²) in [4.78, 5) is 12.6. The number of amides is 1. The van der Waals surface area contributed by atoms with E-state index in [1.165, 1.54) is 11.8 Å². The van der Waals surface area contributed by atoms with Gasteiger partial charge in [-0.05, 0) is 38.1 Å². The predicted octanol–water partition coefficient (Wildman–Crippen LogP) is 1.34. The monoisotopic (exact) mass is 254 g/mol. The quantitative estimate of drug-likeness (QED) is 0.693. The highest BCUT2D eigenvalue weighted by Crippen LogP contribution is 2.20. The number of benzene rings is 1. The minimum atomic E-state index is -0.368. The molecule has 1 aromatic rings. The molecule has 4 N–H and O–H groups in total. The normalized spacial score (nSPS) is 11.2. The van der Waals surface area contributed by atoms with Crippen molar-refractivity contribution < 1.29 is 9.90 Å². The van der Waals surface area contributed by atoms with Crippen LogP contribution >= 0.6 is 11.8 Å². The van der Waals surface area contributed by atoms with Crippen LogP contribution in [-0.2, 0) is 4.79 Å². The Labute approximate surface area is 106 Å². The first-order valence-electron chi connectivity index (χ1n) is 5.36. The summed E-state index contributed by atoms with van der Waals surface area (Å²) in [5.74, 6) is 0.524. The number of carbonyl (C=O) groups is 1. The smallest absolute Gasteiger partial charge is 0.230 e. The van der Waals surface area contributed by atoms with Gasteiger partial charge >= 0.3 is 0 Å². The van der Waals surface area contributed by atoms with Crippen LogP contribution in [-0.4, -0.2) is 28.9 Å². The van der Waals surface area contributed by atoms with Crippen LogP contribution < -0.4 is 11.1 Å². The molecule has 0 saturated carbocycles. The Morgan fingerprint density at radius 1 is 1.41 bits per heavy atom. The fraction of sp³-hybridized carbons (Fsp3) is 0.417. The van der Waals surface area contributed by atoms with E-state index in [-0.39, 0.29) is 17.2 Å². The first-order valence-corrected chi connectivity index (χ1v) is 6.34. The van der Waals surface area contributed by atoms with Crippen LogP contribution in [0, 0.1) is 0 Å². The molecule has 0 saturated heterocycles. The summed E-state index contributed by atoms with van der Waals surface area (Å²) in [6.07, 6.45) is 0. The lowest BCUT2D eigenvalue weighted by atomic mass is 10.1. The van der Waals surface area contributed by atoms with Gasteiger partial charge in [0.1, 0.15) is 5.75 Å². The van der Waals surface area contributed by atoms with Crippen molar-refractivity contribution in [2.24, 2.45) is 5.73 Å². The largest absolute Gasteiger partial charge is 0.508 e. The van der Waals surface area contributed by atoms with Gasteiger partial charge in [0.25, 0.3) is 0 Å². The number of thioether (sulfide) groups is 1. The van der Waals surface area contributed by atoms with E-state index in [1.54, 1.807) is 24.3 Å². The van der Waals surface area contributed by atoms with Crippen molar-refractivity contribution in [2.45, 2.75) is 24.3 Å². The second kappa shape index (κ2) is 5.93. The molecule has 0 atom stereocenters. The van der Waals surface area contributed by atoms with Crippen molar-refractivity contribution in [3.8, 4) is 5.75 Å². The molecule has 0 aromatic heterocycles. The summed E-state index contributed by atoms with van der Waals surface area (Å²) in [6, 6.07) is 6.76. The Hall–Kier alpha value is -1.20. The lowest BCUT2D eigenvalue weighted by molar-refractivity contribution is -0.120. The molecule has 0 heterocycles. The van der Waals surface area contributed by atoms with Gasteiger partial charge < -0.3 is 16.2 Å². The average Bonchev–Trinajstić information content (AvgIpc) is 2.28. The number of nitrogens with one attached hydrogen (secondary N) is 1. The standard InChI is InChI=1S/C12H18N2O2S/c1-12(2,8-13)14-11(16)7-17-10-5-3-9(15)4-6-10/h3-6,15H,7-8,13H2,1-2H3,(H,14,16). The molecule has 0 aliphatic heterocycles. The van der Waals surface area contributed by atoms with Crippen LogP contribution in [0.25, 0.3) is 0 Å². The number of hydrogen-bond donors (Lipinski definition) is 3. The number of nitrogens with two attached hydrogens (primary N) is 1. The predicted molar refractivity (Wildman–Crippen MR) is 70.1 cm³/mol.